The molecule has 1 aliphatic carbocycles. The van der Waals surface area contributed by atoms with Crippen LogP contribution >= 0.6 is 0 Å². The van der Waals surface area contributed by atoms with Crippen molar-refractivity contribution in [1.82, 2.24) is 0 Å². The van der Waals surface area contributed by atoms with Gasteiger partial charge in [0.2, 0.25) is 0 Å². The molecule has 0 bridgehead atoms. The zero-order chi connectivity index (χ0) is 13.9. The fourth-order valence-corrected chi connectivity index (χ4v) is 3.97. The van der Waals surface area contributed by atoms with Gasteiger partial charge in [-0.05, 0) is 44.4 Å². The molecular weight excluding hydrogens is 238 g/mol. The Balaban J connectivity index is 1.99. The number of hydrogen-bond acceptors (Lipinski definition) is 3. The summed E-state index contributed by atoms with van der Waals surface area (Å²) < 4.78 is 12.0. The summed E-state index contributed by atoms with van der Waals surface area (Å²) in [5, 5.41) is 0. The van der Waals surface area contributed by atoms with Crippen molar-refractivity contribution >= 4 is 0 Å². The minimum atomic E-state index is 0.154. The first-order chi connectivity index (χ1) is 9.08. The molecule has 2 fully saturated rings. The number of ether oxygens (including phenoxy) is 2. The van der Waals surface area contributed by atoms with Crippen molar-refractivity contribution in [3.05, 3.63) is 0 Å². The van der Waals surface area contributed by atoms with Crippen LogP contribution in [0.15, 0.2) is 0 Å². The van der Waals surface area contributed by atoms with Gasteiger partial charge in [0.1, 0.15) is 0 Å². The van der Waals surface area contributed by atoms with Crippen LogP contribution in [0.5, 0.6) is 0 Å². The Labute approximate surface area is 118 Å². The topological polar surface area (TPSA) is 44.5 Å². The Hall–Kier alpha value is -0.120. The summed E-state index contributed by atoms with van der Waals surface area (Å²) >= 11 is 0. The molecule has 2 N–H and O–H groups in total. The monoisotopic (exact) mass is 269 g/mol. The Kier molecular flexibility index (Phi) is 5.27. The van der Waals surface area contributed by atoms with E-state index >= 15 is 0 Å². The van der Waals surface area contributed by atoms with Crippen LogP contribution in [0.25, 0.3) is 0 Å². The summed E-state index contributed by atoms with van der Waals surface area (Å²) in [4.78, 5) is 0. The highest BCUT2D eigenvalue weighted by Crippen LogP contribution is 2.43. The molecule has 19 heavy (non-hydrogen) atoms. The van der Waals surface area contributed by atoms with Crippen molar-refractivity contribution < 1.29 is 9.47 Å². The third-order valence-corrected chi connectivity index (χ3v) is 4.99. The second kappa shape index (κ2) is 6.55. The Morgan fingerprint density at radius 2 is 2.00 bits per heavy atom. The molecule has 1 saturated heterocycles. The lowest BCUT2D eigenvalue weighted by Gasteiger charge is -2.42. The van der Waals surface area contributed by atoms with Crippen LogP contribution in [0.3, 0.4) is 0 Å². The van der Waals surface area contributed by atoms with Crippen LogP contribution in [0.1, 0.15) is 59.3 Å². The lowest BCUT2D eigenvalue weighted by atomic mass is 9.77. The van der Waals surface area contributed by atoms with Crippen molar-refractivity contribution in [3.63, 3.8) is 0 Å². The molecule has 0 aromatic rings. The van der Waals surface area contributed by atoms with E-state index in [0.29, 0.717) is 11.8 Å². The van der Waals surface area contributed by atoms with Crippen LogP contribution in [0, 0.1) is 11.8 Å². The molecule has 1 aliphatic heterocycles. The molecule has 3 nitrogen and oxygen atoms in total. The molecule has 112 valence electrons. The predicted octanol–water partition coefficient (Wildman–Crippen LogP) is 3.11. The Bertz CT molecular complexity index is 274. The number of rotatable bonds is 5. The minimum absolute atomic E-state index is 0.154. The van der Waals surface area contributed by atoms with E-state index in [1.807, 2.05) is 0 Å². The van der Waals surface area contributed by atoms with Gasteiger partial charge in [-0.25, -0.2) is 0 Å². The standard InChI is InChI=1S/C16H31NO2/c1-4-18-15(12(2)3)14(17)13-7-10-19-16(11-13)8-5-6-9-16/h12-15H,4-11,17H2,1-3H3. The molecular formula is C16H31NO2. The van der Waals surface area contributed by atoms with Gasteiger partial charge in [-0.1, -0.05) is 26.7 Å². The molecule has 2 aliphatic rings. The first-order valence-corrected chi connectivity index (χ1v) is 8.09. The van der Waals surface area contributed by atoms with Crippen LogP contribution in [-0.4, -0.2) is 31.0 Å². The van der Waals surface area contributed by atoms with Gasteiger partial charge in [0.15, 0.2) is 0 Å². The fourth-order valence-electron chi connectivity index (χ4n) is 3.97. The second-order valence-electron chi connectivity index (χ2n) is 6.73. The molecule has 1 saturated carbocycles. The van der Waals surface area contributed by atoms with E-state index in [1.165, 1.54) is 25.7 Å². The molecule has 0 aromatic carbocycles. The Morgan fingerprint density at radius 1 is 1.32 bits per heavy atom. The van der Waals surface area contributed by atoms with E-state index in [0.717, 1.165) is 26.1 Å². The van der Waals surface area contributed by atoms with E-state index in [9.17, 15) is 0 Å². The zero-order valence-corrected chi connectivity index (χ0v) is 12.9. The van der Waals surface area contributed by atoms with Gasteiger partial charge in [-0.2, -0.15) is 0 Å². The van der Waals surface area contributed by atoms with Crippen molar-refractivity contribution in [2.75, 3.05) is 13.2 Å². The molecule has 1 spiro atoms. The van der Waals surface area contributed by atoms with E-state index in [-0.39, 0.29) is 17.7 Å². The van der Waals surface area contributed by atoms with Crippen molar-refractivity contribution in [2.45, 2.75) is 77.0 Å². The summed E-state index contributed by atoms with van der Waals surface area (Å²) in [5.74, 6) is 1.04. The molecule has 0 radical (unpaired) electrons. The summed E-state index contributed by atoms with van der Waals surface area (Å²) in [7, 11) is 0. The molecule has 1 heterocycles. The van der Waals surface area contributed by atoms with Crippen molar-refractivity contribution in [3.8, 4) is 0 Å². The molecule has 3 heteroatoms. The normalized spacial score (nSPS) is 29.8. The Morgan fingerprint density at radius 3 is 2.58 bits per heavy atom. The van der Waals surface area contributed by atoms with Crippen LogP contribution in [-0.2, 0) is 9.47 Å². The quantitative estimate of drug-likeness (QED) is 0.834. The van der Waals surface area contributed by atoms with Gasteiger partial charge >= 0.3 is 0 Å². The molecule has 2 rings (SSSR count). The van der Waals surface area contributed by atoms with Gasteiger partial charge in [0.25, 0.3) is 0 Å². The van der Waals surface area contributed by atoms with E-state index in [4.69, 9.17) is 15.2 Å². The maximum absolute atomic E-state index is 6.55. The number of hydrogen-bond donors (Lipinski definition) is 1. The van der Waals surface area contributed by atoms with Crippen LogP contribution in [0.4, 0.5) is 0 Å². The third kappa shape index (κ3) is 3.50. The van der Waals surface area contributed by atoms with Crippen LogP contribution < -0.4 is 5.73 Å². The summed E-state index contributed by atoms with van der Waals surface area (Å²) in [6.45, 7) is 8.13. The zero-order valence-electron chi connectivity index (χ0n) is 12.9. The average Bonchev–Trinajstić information content (AvgIpc) is 2.83. The maximum atomic E-state index is 6.55. The maximum Gasteiger partial charge on any atom is 0.0751 e. The number of nitrogens with two attached hydrogens (primary N) is 1. The van der Waals surface area contributed by atoms with Gasteiger partial charge in [-0.3, -0.25) is 0 Å². The van der Waals surface area contributed by atoms with Crippen molar-refractivity contribution in [2.24, 2.45) is 17.6 Å². The first-order valence-electron chi connectivity index (χ1n) is 8.09. The van der Waals surface area contributed by atoms with Crippen LogP contribution in [0.2, 0.25) is 0 Å². The SMILES string of the molecule is CCOC(C(C)C)C(N)C1CCOC2(CCCC2)C1. The van der Waals surface area contributed by atoms with Gasteiger partial charge in [-0.15, -0.1) is 0 Å². The minimum Gasteiger partial charge on any atom is -0.377 e. The largest absolute Gasteiger partial charge is 0.377 e. The van der Waals surface area contributed by atoms with E-state index < -0.39 is 0 Å². The van der Waals surface area contributed by atoms with Gasteiger partial charge in [0.05, 0.1) is 11.7 Å². The molecule has 0 aromatic heterocycles. The smallest absolute Gasteiger partial charge is 0.0751 e. The summed E-state index contributed by atoms with van der Waals surface area (Å²) in [6, 6.07) is 0.154. The van der Waals surface area contributed by atoms with E-state index in [1.54, 1.807) is 0 Å². The average molecular weight is 269 g/mol. The predicted molar refractivity (Wildman–Crippen MR) is 78.1 cm³/mol. The molecule has 3 unspecified atom stereocenters. The summed E-state index contributed by atoms with van der Waals surface area (Å²) in [6.07, 6.45) is 7.53. The summed E-state index contributed by atoms with van der Waals surface area (Å²) in [5.41, 5.74) is 6.71. The van der Waals surface area contributed by atoms with Crippen molar-refractivity contribution in [1.29, 1.82) is 0 Å². The van der Waals surface area contributed by atoms with E-state index in [2.05, 4.69) is 20.8 Å². The highest BCUT2D eigenvalue weighted by molar-refractivity contribution is 4.95. The lowest BCUT2D eigenvalue weighted by Crippen LogP contribution is -2.50. The molecule has 3 atom stereocenters. The van der Waals surface area contributed by atoms with Gasteiger partial charge in [0, 0.05) is 19.3 Å². The first kappa shape index (κ1) is 15.3. The fraction of sp³-hybridized carbons (Fsp3) is 1.00. The lowest BCUT2D eigenvalue weighted by molar-refractivity contribution is -0.108. The highest BCUT2D eigenvalue weighted by Gasteiger charge is 2.43. The second-order valence-corrected chi connectivity index (χ2v) is 6.73. The van der Waals surface area contributed by atoms with Gasteiger partial charge < -0.3 is 15.2 Å². The highest BCUT2D eigenvalue weighted by atomic mass is 16.5. The third-order valence-electron chi connectivity index (χ3n) is 4.99. The molecule has 0 amide bonds.